The van der Waals surface area contributed by atoms with Crippen LogP contribution in [0.1, 0.15) is 43.2 Å². The smallest absolute Gasteiger partial charge is 0.185 e. The zero-order valence-electron chi connectivity index (χ0n) is 14.4. The van der Waals surface area contributed by atoms with Crippen LogP contribution < -0.4 is 0 Å². The summed E-state index contributed by atoms with van der Waals surface area (Å²) in [4.78, 5) is 5.04. The normalized spacial score (nSPS) is 27.8. The monoisotopic (exact) mass is 296 g/mol. The van der Waals surface area contributed by atoms with Gasteiger partial charge in [0, 0.05) is 6.04 Å². The second-order valence-electron chi connectivity index (χ2n) is 7.63. The molecule has 0 amide bonds. The molecule has 4 heteroatoms. The van der Waals surface area contributed by atoms with Crippen LogP contribution >= 0.6 is 0 Å². The van der Waals surface area contributed by atoms with Crippen molar-refractivity contribution in [3.8, 4) is 0 Å². The summed E-state index contributed by atoms with van der Waals surface area (Å²) in [6.07, 6.45) is 9.40. The molecule has 2 aliphatic rings. The maximum atomic E-state index is 2.55. The number of hydrogen-bond acceptors (Lipinski definition) is 2. The van der Waals surface area contributed by atoms with Gasteiger partial charge in [-0.3, -0.25) is 0 Å². The fourth-order valence-corrected chi connectivity index (χ4v) is 4.26. The van der Waals surface area contributed by atoms with Crippen molar-refractivity contribution in [2.24, 2.45) is 5.92 Å². The highest BCUT2D eigenvalue weighted by molar-refractivity contribution is 6.04. The molecule has 0 radical (unpaired) electrons. The Balaban J connectivity index is 1.53. The van der Waals surface area contributed by atoms with Gasteiger partial charge in [0.25, 0.3) is 0 Å². The maximum Gasteiger partial charge on any atom is 0.185 e. The lowest BCUT2D eigenvalue weighted by molar-refractivity contribution is 0.261. The predicted octanol–water partition coefficient (Wildman–Crippen LogP) is 1.43. The minimum atomic E-state index is 0.756. The molecule has 0 spiro atoms. The molecule has 0 bridgehead atoms. The minimum absolute atomic E-state index is 0.756. The van der Waals surface area contributed by atoms with Crippen molar-refractivity contribution < 1.29 is 0 Å². The fraction of sp³-hybridized carbons (Fsp3) is 0.667. The number of piperidine rings is 2. The maximum absolute atomic E-state index is 2.55. The molecule has 2 fully saturated rings. The molecule has 2 heterocycles. The third-order valence-corrected chi connectivity index (χ3v) is 5.66. The second kappa shape index (κ2) is 7.70. The van der Waals surface area contributed by atoms with E-state index in [0.29, 0.717) is 0 Å². The Labute approximate surface area is 138 Å². The molecule has 2 aliphatic heterocycles. The summed E-state index contributed by atoms with van der Waals surface area (Å²) >= 11 is 0. The van der Waals surface area contributed by atoms with Gasteiger partial charge in [-0.2, -0.15) is 0 Å². The first kappa shape index (κ1) is 16.1. The van der Waals surface area contributed by atoms with Crippen molar-refractivity contribution in [2.45, 2.75) is 51.0 Å². The predicted molar refractivity (Wildman–Crippen MR) is 99.6 cm³/mol. The number of rotatable bonds is 4. The fourth-order valence-electron chi connectivity index (χ4n) is 4.26. The second-order valence-corrected chi connectivity index (χ2v) is 7.63. The summed E-state index contributed by atoms with van der Waals surface area (Å²) in [6, 6.07) is 10.3. The van der Waals surface area contributed by atoms with Gasteiger partial charge in [-0.05, 0) is 75.2 Å². The topological polar surface area (TPSA) is 6.48 Å². The number of nitrogens with zero attached hydrogens (tertiary/aromatic N) is 2. The third kappa shape index (κ3) is 4.39. The van der Waals surface area contributed by atoms with Crippen molar-refractivity contribution >= 4 is 16.0 Å². The highest BCUT2D eigenvalue weighted by atomic mass is 15.1. The van der Waals surface area contributed by atoms with Crippen LogP contribution in [0.25, 0.3) is 0 Å². The van der Waals surface area contributed by atoms with E-state index in [1.165, 1.54) is 75.7 Å². The summed E-state index contributed by atoms with van der Waals surface area (Å²) in [5.41, 5.74) is 3.05. The SMILES string of the molecule is BN1CCCC(Cc2ccc(CC3CCCCN3B)cc2)C1. The van der Waals surface area contributed by atoms with Crippen LogP contribution in [0.3, 0.4) is 0 Å². The summed E-state index contributed by atoms with van der Waals surface area (Å²) < 4.78 is 0. The minimum Gasteiger partial charge on any atom is -0.348 e. The standard InChI is InChI=1S/C18H30B2N2/c19-21-10-3-4-17(14-21)12-15-6-8-16(9-7-15)13-18-5-1-2-11-22(18)20/h6-9,17-18H,1-5,10-14,19-20H2. The van der Waals surface area contributed by atoms with Crippen LogP contribution in [0.5, 0.6) is 0 Å². The lowest BCUT2D eigenvalue weighted by Gasteiger charge is -2.33. The van der Waals surface area contributed by atoms with Gasteiger partial charge in [0.05, 0.1) is 0 Å². The van der Waals surface area contributed by atoms with Crippen LogP contribution in [0.2, 0.25) is 0 Å². The summed E-state index contributed by atoms with van der Waals surface area (Å²) in [5, 5.41) is 0. The van der Waals surface area contributed by atoms with E-state index >= 15 is 0 Å². The van der Waals surface area contributed by atoms with Crippen LogP contribution in [0.15, 0.2) is 24.3 Å². The summed E-state index contributed by atoms with van der Waals surface area (Å²) in [5.74, 6) is 0.856. The van der Waals surface area contributed by atoms with Gasteiger partial charge in [-0.25, -0.2) is 0 Å². The van der Waals surface area contributed by atoms with Gasteiger partial charge < -0.3 is 9.62 Å². The highest BCUT2D eigenvalue weighted by Gasteiger charge is 2.19. The molecular weight excluding hydrogens is 266 g/mol. The van der Waals surface area contributed by atoms with Gasteiger partial charge in [-0.1, -0.05) is 30.7 Å². The van der Waals surface area contributed by atoms with Crippen molar-refractivity contribution in [1.82, 2.24) is 9.62 Å². The molecule has 1 aromatic rings. The molecule has 118 valence electrons. The number of hydrogen-bond donors (Lipinski definition) is 0. The summed E-state index contributed by atoms with van der Waals surface area (Å²) in [7, 11) is 4.55. The molecule has 2 nitrogen and oxygen atoms in total. The van der Waals surface area contributed by atoms with E-state index in [1.807, 2.05) is 0 Å². The van der Waals surface area contributed by atoms with Gasteiger partial charge in [0.15, 0.2) is 16.0 Å². The molecule has 3 rings (SSSR count). The third-order valence-electron chi connectivity index (χ3n) is 5.66. The lowest BCUT2D eigenvalue weighted by Crippen LogP contribution is -2.38. The first-order chi connectivity index (χ1) is 10.7. The van der Waals surface area contributed by atoms with E-state index in [9.17, 15) is 0 Å². The van der Waals surface area contributed by atoms with Crippen LogP contribution in [0.4, 0.5) is 0 Å². The van der Waals surface area contributed by atoms with Crippen LogP contribution in [-0.2, 0) is 12.8 Å². The van der Waals surface area contributed by atoms with Crippen molar-refractivity contribution in [3.05, 3.63) is 35.4 Å². The van der Waals surface area contributed by atoms with Gasteiger partial charge in [-0.15, -0.1) is 0 Å². The van der Waals surface area contributed by atoms with E-state index < -0.39 is 0 Å². The Kier molecular flexibility index (Phi) is 5.65. The average molecular weight is 296 g/mol. The zero-order valence-corrected chi connectivity index (χ0v) is 14.4. The van der Waals surface area contributed by atoms with Crippen LogP contribution in [-0.4, -0.2) is 51.3 Å². The molecule has 0 saturated carbocycles. The molecule has 0 N–H and O–H groups in total. The molecule has 0 aromatic heterocycles. The van der Waals surface area contributed by atoms with E-state index in [0.717, 1.165) is 12.0 Å². The molecule has 2 saturated heterocycles. The number of benzene rings is 1. The Morgan fingerprint density at radius 3 is 2.27 bits per heavy atom. The quantitative estimate of drug-likeness (QED) is 0.776. The van der Waals surface area contributed by atoms with Crippen molar-refractivity contribution in [1.29, 1.82) is 0 Å². The molecule has 0 aliphatic carbocycles. The van der Waals surface area contributed by atoms with Gasteiger partial charge in [0.1, 0.15) is 0 Å². The highest BCUT2D eigenvalue weighted by Crippen LogP contribution is 2.22. The first-order valence-corrected chi connectivity index (χ1v) is 9.17. The lowest BCUT2D eigenvalue weighted by atomic mass is 9.89. The molecule has 22 heavy (non-hydrogen) atoms. The molecule has 1 aromatic carbocycles. The first-order valence-electron chi connectivity index (χ1n) is 9.17. The van der Waals surface area contributed by atoms with Gasteiger partial charge >= 0.3 is 0 Å². The van der Waals surface area contributed by atoms with E-state index in [2.05, 4.69) is 49.8 Å². The Morgan fingerprint density at radius 1 is 0.864 bits per heavy atom. The van der Waals surface area contributed by atoms with Crippen LogP contribution in [0, 0.1) is 5.92 Å². The van der Waals surface area contributed by atoms with E-state index in [1.54, 1.807) is 0 Å². The molecular formula is C18H30B2N2. The average Bonchev–Trinajstić information content (AvgIpc) is 2.52. The van der Waals surface area contributed by atoms with E-state index in [-0.39, 0.29) is 0 Å². The van der Waals surface area contributed by atoms with Crippen molar-refractivity contribution in [2.75, 3.05) is 19.6 Å². The van der Waals surface area contributed by atoms with E-state index in [4.69, 9.17) is 0 Å². The zero-order chi connectivity index (χ0) is 15.4. The largest absolute Gasteiger partial charge is 0.348 e. The molecule has 2 atom stereocenters. The van der Waals surface area contributed by atoms with Crippen molar-refractivity contribution in [3.63, 3.8) is 0 Å². The Morgan fingerprint density at radius 2 is 1.59 bits per heavy atom. The van der Waals surface area contributed by atoms with Gasteiger partial charge in [0.2, 0.25) is 0 Å². The Hall–Kier alpha value is -0.730. The summed E-state index contributed by atoms with van der Waals surface area (Å²) in [6.45, 7) is 3.83. The molecule has 2 unspecified atom stereocenters. The Bertz CT molecular complexity index is 463.